The Bertz CT molecular complexity index is 1270. The van der Waals surface area contributed by atoms with Crippen LogP contribution >= 0.6 is 23.2 Å². The molecule has 176 valence electrons. The number of halogens is 2. The van der Waals surface area contributed by atoms with Gasteiger partial charge < -0.3 is 14.6 Å². The molecule has 0 aliphatic rings. The fourth-order valence-electron chi connectivity index (χ4n) is 4.05. The van der Waals surface area contributed by atoms with E-state index in [0.29, 0.717) is 34.4 Å². The molecule has 0 fully saturated rings. The molecule has 0 saturated carbocycles. The molecule has 0 aliphatic heterocycles. The second kappa shape index (κ2) is 11.4. The Kier molecular flexibility index (Phi) is 8.09. The van der Waals surface area contributed by atoms with E-state index >= 15 is 0 Å². The number of nitrogens with one attached hydrogen (secondary N) is 1. The van der Waals surface area contributed by atoms with Crippen molar-refractivity contribution in [2.75, 3.05) is 13.7 Å². The molecule has 1 heterocycles. The van der Waals surface area contributed by atoms with Crippen molar-refractivity contribution in [3.05, 3.63) is 93.7 Å². The third kappa shape index (κ3) is 5.54. The van der Waals surface area contributed by atoms with Crippen molar-refractivity contribution in [1.82, 2.24) is 14.9 Å². The summed E-state index contributed by atoms with van der Waals surface area (Å²) in [4.78, 5) is 17.3. The van der Waals surface area contributed by atoms with E-state index in [9.17, 15) is 4.79 Å². The minimum Gasteiger partial charge on any atom is -0.496 e. The molecule has 1 N–H and O–H groups in total. The van der Waals surface area contributed by atoms with Gasteiger partial charge in [0.25, 0.3) is 5.91 Å². The predicted molar refractivity (Wildman–Crippen MR) is 138 cm³/mol. The van der Waals surface area contributed by atoms with Crippen LogP contribution in [0.1, 0.15) is 41.0 Å². The van der Waals surface area contributed by atoms with Crippen LogP contribution in [0.5, 0.6) is 5.75 Å². The minimum atomic E-state index is -0.115. The first-order valence-electron chi connectivity index (χ1n) is 11.4. The number of benzene rings is 3. The van der Waals surface area contributed by atoms with Gasteiger partial charge in [-0.1, -0.05) is 60.0 Å². The number of ether oxygens (including phenoxy) is 1. The van der Waals surface area contributed by atoms with Gasteiger partial charge in [-0.25, -0.2) is 4.98 Å². The summed E-state index contributed by atoms with van der Waals surface area (Å²) in [5.74, 6) is 1.48. The van der Waals surface area contributed by atoms with Crippen LogP contribution in [0, 0.1) is 0 Å². The van der Waals surface area contributed by atoms with E-state index < -0.39 is 0 Å². The Morgan fingerprint density at radius 3 is 2.47 bits per heavy atom. The standard InChI is InChI=1S/C27H27Cl2N3O2/c1-34-25-15-7-4-10-19(25)27(33)30-17-8-2-3-16-26-31-23-13-5-6-14-24(23)32(26)18-20-21(28)11-9-12-22(20)29/h4-7,9-15H,2-3,8,16-18H2,1H3,(H,30,33). The third-order valence-corrected chi connectivity index (χ3v) is 6.53. The molecule has 1 amide bonds. The Hall–Kier alpha value is -3.02. The van der Waals surface area contributed by atoms with E-state index in [1.807, 2.05) is 48.5 Å². The van der Waals surface area contributed by atoms with Gasteiger partial charge in [-0.2, -0.15) is 0 Å². The lowest BCUT2D eigenvalue weighted by Gasteiger charge is -2.12. The number of aryl methyl sites for hydroxylation is 1. The van der Waals surface area contributed by atoms with Gasteiger partial charge in [-0.3, -0.25) is 4.79 Å². The average molecular weight is 496 g/mol. The molecular formula is C27H27Cl2N3O2. The number of fused-ring (bicyclic) bond motifs is 1. The van der Waals surface area contributed by atoms with Crippen LogP contribution in [0.4, 0.5) is 0 Å². The van der Waals surface area contributed by atoms with Gasteiger partial charge in [-0.15, -0.1) is 0 Å². The molecule has 0 aliphatic carbocycles. The van der Waals surface area contributed by atoms with Crippen molar-refractivity contribution in [1.29, 1.82) is 0 Å². The Labute approximate surface area is 209 Å². The lowest BCUT2D eigenvalue weighted by atomic mass is 10.1. The van der Waals surface area contributed by atoms with Crippen molar-refractivity contribution >= 4 is 40.1 Å². The summed E-state index contributed by atoms with van der Waals surface area (Å²) in [5.41, 5.74) is 3.48. The lowest BCUT2D eigenvalue weighted by Crippen LogP contribution is -2.24. The van der Waals surface area contributed by atoms with Crippen LogP contribution in [0.3, 0.4) is 0 Å². The summed E-state index contributed by atoms with van der Waals surface area (Å²) in [7, 11) is 1.57. The van der Waals surface area contributed by atoms with Crippen LogP contribution in [0.2, 0.25) is 10.0 Å². The van der Waals surface area contributed by atoms with E-state index in [-0.39, 0.29) is 5.91 Å². The van der Waals surface area contributed by atoms with Crippen LogP contribution < -0.4 is 10.1 Å². The minimum absolute atomic E-state index is 0.115. The smallest absolute Gasteiger partial charge is 0.255 e. The number of unbranched alkanes of at least 4 members (excludes halogenated alkanes) is 2. The highest BCUT2D eigenvalue weighted by Gasteiger charge is 2.14. The molecule has 3 aromatic carbocycles. The number of imidazole rings is 1. The highest BCUT2D eigenvalue weighted by atomic mass is 35.5. The van der Waals surface area contributed by atoms with Crippen LogP contribution in [-0.2, 0) is 13.0 Å². The summed E-state index contributed by atoms with van der Waals surface area (Å²) < 4.78 is 7.47. The van der Waals surface area contributed by atoms with Gasteiger partial charge >= 0.3 is 0 Å². The monoisotopic (exact) mass is 495 g/mol. The predicted octanol–water partition coefficient (Wildman–Crippen LogP) is 6.54. The van der Waals surface area contributed by atoms with Gasteiger partial charge in [0.05, 0.1) is 30.3 Å². The zero-order valence-electron chi connectivity index (χ0n) is 19.1. The first-order chi connectivity index (χ1) is 16.6. The van der Waals surface area contributed by atoms with Gasteiger partial charge in [-0.05, 0) is 49.2 Å². The first kappa shape index (κ1) is 24.1. The molecule has 0 unspecified atom stereocenters. The summed E-state index contributed by atoms with van der Waals surface area (Å²) in [6.45, 7) is 1.19. The zero-order valence-corrected chi connectivity index (χ0v) is 20.6. The van der Waals surface area contributed by atoms with E-state index in [0.717, 1.165) is 48.1 Å². The summed E-state index contributed by atoms with van der Waals surface area (Å²) in [6, 6.07) is 20.9. The highest BCUT2D eigenvalue weighted by molar-refractivity contribution is 6.36. The molecule has 0 spiro atoms. The van der Waals surface area contributed by atoms with Crippen molar-refractivity contribution < 1.29 is 9.53 Å². The number of hydrogen-bond acceptors (Lipinski definition) is 3. The van der Waals surface area contributed by atoms with Gasteiger partial charge in [0.15, 0.2) is 0 Å². The number of aromatic nitrogens is 2. The molecule has 0 radical (unpaired) electrons. The number of methoxy groups -OCH3 is 1. The largest absolute Gasteiger partial charge is 0.496 e. The van der Waals surface area contributed by atoms with E-state index in [1.165, 1.54) is 0 Å². The molecule has 5 nitrogen and oxygen atoms in total. The number of nitrogens with zero attached hydrogens (tertiary/aromatic N) is 2. The third-order valence-electron chi connectivity index (χ3n) is 5.83. The zero-order chi connectivity index (χ0) is 23.9. The number of hydrogen-bond donors (Lipinski definition) is 1. The maximum Gasteiger partial charge on any atom is 0.255 e. The topological polar surface area (TPSA) is 56.1 Å². The maximum absolute atomic E-state index is 12.4. The van der Waals surface area contributed by atoms with Crippen molar-refractivity contribution in [3.8, 4) is 5.75 Å². The molecule has 4 aromatic rings. The molecule has 0 bridgehead atoms. The van der Waals surface area contributed by atoms with E-state index in [1.54, 1.807) is 19.2 Å². The van der Waals surface area contributed by atoms with Crippen LogP contribution in [0.15, 0.2) is 66.7 Å². The van der Waals surface area contributed by atoms with E-state index in [2.05, 4.69) is 16.0 Å². The normalized spacial score (nSPS) is 11.0. The van der Waals surface area contributed by atoms with Crippen molar-refractivity contribution in [2.45, 2.75) is 32.2 Å². The maximum atomic E-state index is 12.4. The van der Waals surface area contributed by atoms with Crippen molar-refractivity contribution in [2.24, 2.45) is 0 Å². The molecule has 0 atom stereocenters. The fraction of sp³-hybridized carbons (Fsp3) is 0.259. The number of rotatable bonds is 10. The molecule has 7 heteroatoms. The Morgan fingerprint density at radius 2 is 1.68 bits per heavy atom. The average Bonchev–Trinajstić information content (AvgIpc) is 3.20. The quantitative estimate of drug-likeness (QED) is 0.254. The SMILES string of the molecule is COc1ccccc1C(=O)NCCCCCc1nc2ccccc2n1Cc1c(Cl)cccc1Cl. The molecule has 1 aromatic heterocycles. The molecule has 4 rings (SSSR count). The van der Waals surface area contributed by atoms with Gasteiger partial charge in [0.1, 0.15) is 11.6 Å². The van der Waals surface area contributed by atoms with Gasteiger partial charge in [0, 0.05) is 28.6 Å². The lowest BCUT2D eigenvalue weighted by molar-refractivity contribution is 0.0950. The molecular weight excluding hydrogens is 469 g/mol. The number of para-hydroxylation sites is 3. The highest BCUT2D eigenvalue weighted by Crippen LogP contribution is 2.28. The van der Waals surface area contributed by atoms with Crippen LogP contribution in [0.25, 0.3) is 11.0 Å². The summed E-state index contributed by atoms with van der Waals surface area (Å²) in [6.07, 6.45) is 3.65. The summed E-state index contributed by atoms with van der Waals surface area (Å²) in [5, 5.41) is 4.29. The Morgan fingerprint density at radius 1 is 0.941 bits per heavy atom. The number of amides is 1. The van der Waals surface area contributed by atoms with E-state index in [4.69, 9.17) is 32.9 Å². The second-order valence-electron chi connectivity index (χ2n) is 8.07. The van der Waals surface area contributed by atoms with Crippen molar-refractivity contribution in [3.63, 3.8) is 0 Å². The van der Waals surface area contributed by atoms with Gasteiger partial charge in [0.2, 0.25) is 0 Å². The second-order valence-corrected chi connectivity index (χ2v) is 8.88. The number of carbonyl (C=O) groups excluding carboxylic acids is 1. The fourth-order valence-corrected chi connectivity index (χ4v) is 4.57. The Balaban J connectivity index is 1.36. The first-order valence-corrected chi connectivity index (χ1v) is 12.1. The van der Waals surface area contributed by atoms with Crippen LogP contribution in [-0.4, -0.2) is 29.1 Å². The molecule has 0 saturated heterocycles. The summed E-state index contributed by atoms with van der Waals surface area (Å²) >= 11 is 12.9. The number of carbonyl (C=O) groups is 1. The molecule has 34 heavy (non-hydrogen) atoms.